The van der Waals surface area contributed by atoms with Crippen LogP contribution in [0.15, 0.2) is 59.3 Å². The first-order valence-electron chi connectivity index (χ1n) is 7.47. The summed E-state index contributed by atoms with van der Waals surface area (Å²) in [4.78, 5) is 25.4. The predicted octanol–water partition coefficient (Wildman–Crippen LogP) is 4.92. The van der Waals surface area contributed by atoms with E-state index >= 15 is 0 Å². The van der Waals surface area contributed by atoms with E-state index in [1.54, 1.807) is 6.08 Å². The summed E-state index contributed by atoms with van der Waals surface area (Å²) in [7, 11) is 1.33. The fraction of sp³-hybridized carbons (Fsp3) is 0.0526. The van der Waals surface area contributed by atoms with Gasteiger partial charge in [-0.25, -0.2) is 4.79 Å². The minimum Gasteiger partial charge on any atom is -0.465 e. The van der Waals surface area contributed by atoms with Gasteiger partial charge in [-0.3, -0.25) is 4.79 Å². The van der Waals surface area contributed by atoms with E-state index in [-0.39, 0.29) is 5.91 Å². The third-order valence-corrected chi connectivity index (χ3v) is 5.23. The maximum absolute atomic E-state index is 12.2. The highest BCUT2D eigenvalue weighted by atomic mass is 32.1. The summed E-state index contributed by atoms with van der Waals surface area (Å²) in [5.74, 6) is -0.763. The minimum atomic E-state index is -0.466. The summed E-state index contributed by atoms with van der Waals surface area (Å²) < 4.78 is 4.89. The lowest BCUT2D eigenvalue weighted by Gasteiger charge is -2.05. The molecule has 0 bridgehead atoms. The zero-order valence-electron chi connectivity index (χ0n) is 13.4. The van der Waals surface area contributed by atoms with Crippen molar-refractivity contribution in [2.24, 2.45) is 0 Å². The molecule has 25 heavy (non-hydrogen) atoms. The third kappa shape index (κ3) is 4.04. The average molecular weight is 369 g/mol. The van der Waals surface area contributed by atoms with Gasteiger partial charge in [-0.15, -0.1) is 22.7 Å². The molecule has 6 heteroatoms. The Hall–Kier alpha value is -2.70. The van der Waals surface area contributed by atoms with Gasteiger partial charge in [0.15, 0.2) is 0 Å². The van der Waals surface area contributed by atoms with Crippen LogP contribution in [0.3, 0.4) is 0 Å². The molecule has 0 saturated heterocycles. The molecule has 1 N–H and O–H groups in total. The van der Waals surface area contributed by atoms with Gasteiger partial charge in [-0.1, -0.05) is 36.4 Å². The van der Waals surface area contributed by atoms with Gasteiger partial charge in [0.05, 0.1) is 7.11 Å². The van der Waals surface area contributed by atoms with Gasteiger partial charge in [-0.2, -0.15) is 0 Å². The van der Waals surface area contributed by atoms with E-state index in [0.29, 0.717) is 10.6 Å². The zero-order valence-corrected chi connectivity index (χ0v) is 15.0. The number of ether oxygens (including phenoxy) is 1. The first-order valence-corrected chi connectivity index (χ1v) is 9.22. The zero-order chi connectivity index (χ0) is 17.6. The van der Waals surface area contributed by atoms with Crippen molar-refractivity contribution in [2.45, 2.75) is 0 Å². The molecule has 0 atom stereocenters. The van der Waals surface area contributed by atoms with Crippen LogP contribution in [0, 0.1) is 0 Å². The van der Waals surface area contributed by atoms with Crippen LogP contribution in [0.2, 0.25) is 0 Å². The van der Waals surface area contributed by atoms with Crippen LogP contribution < -0.4 is 5.32 Å². The molecule has 0 saturated carbocycles. The lowest BCUT2D eigenvalue weighted by Crippen LogP contribution is -2.11. The van der Waals surface area contributed by atoms with Crippen LogP contribution in [-0.2, 0) is 9.53 Å². The van der Waals surface area contributed by atoms with Crippen LogP contribution in [0.4, 0.5) is 5.00 Å². The van der Waals surface area contributed by atoms with Gasteiger partial charge in [0.2, 0.25) is 5.91 Å². The number of nitrogens with one attached hydrogen (secondary N) is 1. The largest absolute Gasteiger partial charge is 0.465 e. The highest BCUT2D eigenvalue weighted by Crippen LogP contribution is 2.38. The topological polar surface area (TPSA) is 55.4 Å². The van der Waals surface area contributed by atoms with Gasteiger partial charge in [0.1, 0.15) is 10.6 Å². The van der Waals surface area contributed by atoms with E-state index in [0.717, 1.165) is 16.0 Å². The number of hydrogen-bond acceptors (Lipinski definition) is 5. The number of anilines is 1. The van der Waals surface area contributed by atoms with Gasteiger partial charge >= 0.3 is 5.97 Å². The molecule has 0 aliphatic rings. The highest BCUT2D eigenvalue weighted by Gasteiger charge is 2.22. The number of rotatable bonds is 5. The Morgan fingerprint density at radius 2 is 1.88 bits per heavy atom. The Labute approximate surface area is 153 Å². The average Bonchev–Trinajstić information content (AvgIpc) is 3.30. The van der Waals surface area contributed by atoms with Crippen LogP contribution >= 0.6 is 22.7 Å². The third-order valence-electron chi connectivity index (χ3n) is 3.43. The predicted molar refractivity (Wildman–Crippen MR) is 103 cm³/mol. The molecule has 0 aliphatic carbocycles. The molecule has 2 heterocycles. The summed E-state index contributed by atoms with van der Waals surface area (Å²) in [5, 5.41) is 7.05. The van der Waals surface area contributed by atoms with Crippen LogP contribution in [0.5, 0.6) is 0 Å². The number of hydrogen-bond donors (Lipinski definition) is 1. The molecule has 0 unspecified atom stereocenters. The van der Waals surface area contributed by atoms with Crippen molar-refractivity contribution in [1.29, 1.82) is 0 Å². The van der Waals surface area contributed by atoms with Gasteiger partial charge in [0.25, 0.3) is 0 Å². The lowest BCUT2D eigenvalue weighted by atomic mass is 10.1. The second-order valence-electron chi connectivity index (χ2n) is 5.06. The Balaban J connectivity index is 1.84. The summed E-state index contributed by atoms with van der Waals surface area (Å²) in [5.41, 5.74) is 2.09. The molecule has 0 fully saturated rings. The molecule has 1 amide bonds. The molecule has 2 aromatic heterocycles. The number of carbonyl (C=O) groups excluding carboxylic acids is 2. The van der Waals surface area contributed by atoms with E-state index in [1.807, 2.05) is 53.2 Å². The number of methoxy groups -OCH3 is 1. The summed E-state index contributed by atoms with van der Waals surface area (Å²) >= 11 is 2.84. The quantitative estimate of drug-likeness (QED) is 0.513. The van der Waals surface area contributed by atoms with Crippen molar-refractivity contribution in [3.8, 4) is 10.4 Å². The SMILES string of the molecule is COC(=O)c1c(-c2cccs2)csc1NC(=O)C=Cc1ccccc1. The smallest absolute Gasteiger partial charge is 0.341 e. The summed E-state index contributed by atoms with van der Waals surface area (Å²) in [6.07, 6.45) is 3.17. The van der Waals surface area contributed by atoms with Crippen molar-refractivity contribution in [1.82, 2.24) is 0 Å². The molecule has 0 radical (unpaired) electrons. The Bertz CT molecular complexity index is 896. The van der Waals surface area contributed by atoms with Crippen molar-refractivity contribution in [2.75, 3.05) is 12.4 Å². The van der Waals surface area contributed by atoms with Crippen molar-refractivity contribution in [3.63, 3.8) is 0 Å². The van der Waals surface area contributed by atoms with E-state index in [2.05, 4.69) is 5.32 Å². The van der Waals surface area contributed by atoms with Gasteiger partial charge in [0, 0.05) is 21.9 Å². The van der Waals surface area contributed by atoms with Crippen molar-refractivity contribution >= 4 is 45.6 Å². The molecular formula is C19H15NO3S2. The molecule has 0 aliphatic heterocycles. The molecular weight excluding hydrogens is 354 g/mol. The number of carbonyl (C=O) groups is 2. The van der Waals surface area contributed by atoms with Crippen LogP contribution in [0.25, 0.3) is 16.5 Å². The van der Waals surface area contributed by atoms with E-state index in [9.17, 15) is 9.59 Å². The Morgan fingerprint density at radius 3 is 2.56 bits per heavy atom. The maximum atomic E-state index is 12.2. The summed E-state index contributed by atoms with van der Waals surface area (Å²) in [6, 6.07) is 13.4. The first-order chi connectivity index (χ1) is 12.2. The molecule has 3 aromatic rings. The normalized spacial score (nSPS) is 10.8. The highest BCUT2D eigenvalue weighted by molar-refractivity contribution is 7.17. The van der Waals surface area contributed by atoms with E-state index in [1.165, 1.54) is 35.9 Å². The molecule has 0 spiro atoms. The van der Waals surface area contributed by atoms with Crippen molar-refractivity contribution in [3.05, 3.63) is 70.4 Å². The van der Waals surface area contributed by atoms with E-state index < -0.39 is 5.97 Å². The maximum Gasteiger partial charge on any atom is 0.341 e. The summed E-state index contributed by atoms with van der Waals surface area (Å²) in [6.45, 7) is 0. The number of esters is 1. The Kier molecular flexibility index (Phi) is 5.42. The number of amides is 1. The Morgan fingerprint density at radius 1 is 1.08 bits per heavy atom. The van der Waals surface area contributed by atoms with Gasteiger partial charge < -0.3 is 10.1 Å². The second kappa shape index (κ2) is 7.92. The van der Waals surface area contributed by atoms with Gasteiger partial charge in [-0.05, 0) is 23.1 Å². The lowest BCUT2D eigenvalue weighted by molar-refractivity contribution is -0.111. The van der Waals surface area contributed by atoms with Crippen LogP contribution in [0.1, 0.15) is 15.9 Å². The van der Waals surface area contributed by atoms with E-state index in [4.69, 9.17) is 4.74 Å². The van der Waals surface area contributed by atoms with Crippen molar-refractivity contribution < 1.29 is 14.3 Å². The number of thiophene rings is 2. The minimum absolute atomic E-state index is 0.298. The molecule has 3 rings (SSSR count). The monoisotopic (exact) mass is 369 g/mol. The molecule has 1 aromatic carbocycles. The van der Waals surface area contributed by atoms with Crippen LogP contribution in [-0.4, -0.2) is 19.0 Å². The molecule has 4 nitrogen and oxygen atoms in total. The number of benzene rings is 1. The standard InChI is InChI=1S/C19H15NO3S2/c1-23-19(22)17-14(15-8-5-11-24-15)12-25-18(17)20-16(21)10-9-13-6-3-2-4-7-13/h2-12H,1H3,(H,20,21). The fourth-order valence-electron chi connectivity index (χ4n) is 2.26. The molecule has 126 valence electrons. The fourth-order valence-corrected chi connectivity index (χ4v) is 4.03. The second-order valence-corrected chi connectivity index (χ2v) is 6.88. The first kappa shape index (κ1) is 17.1.